The predicted molar refractivity (Wildman–Crippen MR) is 122 cm³/mol. The van der Waals surface area contributed by atoms with Crippen molar-refractivity contribution in [3.8, 4) is 0 Å². The van der Waals surface area contributed by atoms with Crippen LogP contribution >= 0.6 is 0 Å². The fourth-order valence-electron chi connectivity index (χ4n) is 3.02. The molecule has 1 amide bonds. The number of carbonyl (C=O) groups is 1. The number of sulfonamides is 1. The van der Waals surface area contributed by atoms with Crippen LogP contribution in [0.2, 0.25) is 0 Å². The monoisotopic (exact) mass is 447 g/mol. The molecule has 0 bridgehead atoms. The molecule has 0 saturated heterocycles. The van der Waals surface area contributed by atoms with Gasteiger partial charge >= 0.3 is 0 Å². The molecule has 3 aromatic carbocycles. The van der Waals surface area contributed by atoms with E-state index in [9.17, 15) is 13.2 Å². The summed E-state index contributed by atoms with van der Waals surface area (Å²) >= 11 is 0. The van der Waals surface area contributed by atoms with Crippen LogP contribution in [0.5, 0.6) is 0 Å². The molecule has 0 atom stereocenters. The smallest absolute Gasteiger partial charge is 0.276 e. The molecule has 0 unspecified atom stereocenters. The fraction of sp³-hybridized carbons (Fsp3) is 0.0833. The van der Waals surface area contributed by atoms with E-state index in [1.54, 1.807) is 48.5 Å². The Hall–Kier alpha value is -3.91. The zero-order chi connectivity index (χ0) is 22.7. The Morgan fingerprint density at radius 2 is 1.50 bits per heavy atom. The van der Waals surface area contributed by atoms with Gasteiger partial charge < -0.3 is 9.73 Å². The number of carbonyl (C=O) groups excluding carboxylic acids is 1. The van der Waals surface area contributed by atoms with Gasteiger partial charge in [0.1, 0.15) is 11.1 Å². The van der Waals surface area contributed by atoms with Gasteiger partial charge in [-0.25, -0.2) is 0 Å². The van der Waals surface area contributed by atoms with Crippen molar-refractivity contribution in [1.82, 2.24) is 4.83 Å². The van der Waals surface area contributed by atoms with Gasteiger partial charge in [-0.2, -0.15) is 13.2 Å². The summed E-state index contributed by atoms with van der Waals surface area (Å²) in [5, 5.41) is 7.41. The number of anilines is 1. The third-order valence-electron chi connectivity index (χ3n) is 4.81. The molecule has 8 heteroatoms. The van der Waals surface area contributed by atoms with Crippen molar-refractivity contribution in [3.05, 3.63) is 101 Å². The van der Waals surface area contributed by atoms with Crippen molar-refractivity contribution in [3.63, 3.8) is 0 Å². The van der Waals surface area contributed by atoms with E-state index in [4.69, 9.17) is 4.42 Å². The number of aryl methyl sites for hydroxylation is 2. The summed E-state index contributed by atoms with van der Waals surface area (Å²) in [7, 11) is -3.94. The summed E-state index contributed by atoms with van der Waals surface area (Å²) in [6.45, 7) is 3.81. The molecule has 1 aromatic heterocycles. The van der Waals surface area contributed by atoms with Crippen LogP contribution in [0.3, 0.4) is 0 Å². The summed E-state index contributed by atoms with van der Waals surface area (Å²) in [5.74, 6) is -0.475. The van der Waals surface area contributed by atoms with E-state index in [-0.39, 0.29) is 16.0 Å². The molecule has 4 aromatic rings. The number of benzene rings is 3. The Kier molecular flexibility index (Phi) is 5.79. The Morgan fingerprint density at radius 3 is 2.19 bits per heavy atom. The number of hydrogen-bond donors (Lipinski definition) is 2. The zero-order valence-corrected chi connectivity index (χ0v) is 18.3. The van der Waals surface area contributed by atoms with E-state index < -0.39 is 15.9 Å². The molecular formula is C24H21N3O4S. The van der Waals surface area contributed by atoms with Gasteiger partial charge in [0, 0.05) is 11.1 Å². The van der Waals surface area contributed by atoms with Crippen molar-refractivity contribution in [2.75, 3.05) is 5.32 Å². The van der Waals surface area contributed by atoms with Crippen molar-refractivity contribution < 1.29 is 17.6 Å². The third kappa shape index (κ3) is 4.70. The van der Waals surface area contributed by atoms with Crippen LogP contribution in [-0.2, 0) is 10.0 Å². The molecule has 2 N–H and O–H groups in total. The van der Waals surface area contributed by atoms with Crippen molar-refractivity contribution in [2.45, 2.75) is 18.7 Å². The Morgan fingerprint density at radius 1 is 0.875 bits per heavy atom. The summed E-state index contributed by atoms with van der Waals surface area (Å²) in [6, 6.07) is 22.4. The Labute approximate surface area is 185 Å². The summed E-state index contributed by atoms with van der Waals surface area (Å²) in [5.41, 5.74) is 3.00. The van der Waals surface area contributed by atoms with Gasteiger partial charge in [0.15, 0.2) is 0 Å². The summed E-state index contributed by atoms with van der Waals surface area (Å²) < 4.78 is 31.0. The molecule has 0 saturated carbocycles. The van der Waals surface area contributed by atoms with Crippen LogP contribution in [0.4, 0.5) is 5.69 Å². The first kappa shape index (κ1) is 21.3. The molecule has 0 spiro atoms. The van der Waals surface area contributed by atoms with Crippen LogP contribution < -0.4 is 15.7 Å². The summed E-state index contributed by atoms with van der Waals surface area (Å²) in [4.78, 5) is 15.2. The molecule has 0 aliphatic heterocycles. The number of para-hydroxylation sites is 1. The van der Waals surface area contributed by atoms with E-state index in [2.05, 4.69) is 15.2 Å². The lowest BCUT2D eigenvalue weighted by Crippen LogP contribution is -2.27. The highest BCUT2D eigenvalue weighted by atomic mass is 32.2. The van der Waals surface area contributed by atoms with Gasteiger partial charge in [0.25, 0.3) is 15.9 Å². The molecule has 7 nitrogen and oxygen atoms in total. The average molecular weight is 448 g/mol. The van der Waals surface area contributed by atoms with Crippen molar-refractivity contribution >= 4 is 32.6 Å². The van der Waals surface area contributed by atoms with E-state index in [1.807, 2.05) is 32.0 Å². The minimum absolute atomic E-state index is 0.0540. The average Bonchev–Trinajstić information content (AvgIpc) is 2.79. The Bertz CT molecular complexity index is 1460. The van der Waals surface area contributed by atoms with Gasteiger partial charge in [0.05, 0.1) is 4.90 Å². The largest absolute Gasteiger partial charge is 0.436 e. The van der Waals surface area contributed by atoms with E-state index in [0.29, 0.717) is 16.7 Å². The van der Waals surface area contributed by atoms with Gasteiger partial charge in [0.2, 0.25) is 5.55 Å². The lowest BCUT2D eigenvalue weighted by atomic mass is 10.1. The van der Waals surface area contributed by atoms with Gasteiger partial charge in [-0.15, -0.1) is 5.10 Å². The minimum Gasteiger partial charge on any atom is -0.436 e. The van der Waals surface area contributed by atoms with Gasteiger partial charge in [-0.1, -0.05) is 53.6 Å². The molecule has 0 radical (unpaired) electrons. The highest BCUT2D eigenvalue weighted by Crippen LogP contribution is 2.15. The van der Waals surface area contributed by atoms with Crippen LogP contribution in [0.25, 0.3) is 11.0 Å². The first-order valence-corrected chi connectivity index (χ1v) is 11.3. The maximum Gasteiger partial charge on any atom is 0.276 e. The molecular weight excluding hydrogens is 426 g/mol. The number of nitrogens with one attached hydrogen (secondary N) is 2. The standard InChI is InChI=1S/C24H21N3O4S/c1-16-7-11-19(12-8-16)25-23(28)21-15-18-5-3-4-6-22(18)31-24(21)26-27-32(29,30)20-13-9-17(2)10-14-20/h3-15,27H,1-2H3,(H,25,28). The molecule has 32 heavy (non-hydrogen) atoms. The fourth-order valence-corrected chi connectivity index (χ4v) is 3.82. The van der Waals surface area contributed by atoms with Crippen LogP contribution in [-0.4, -0.2) is 14.3 Å². The number of hydrogen-bond acceptors (Lipinski definition) is 5. The van der Waals surface area contributed by atoms with Crippen molar-refractivity contribution in [1.29, 1.82) is 0 Å². The molecule has 0 aliphatic carbocycles. The predicted octanol–water partition coefficient (Wildman–Crippen LogP) is 4.10. The Balaban J connectivity index is 1.74. The molecule has 4 rings (SSSR count). The normalized spacial score (nSPS) is 12.0. The third-order valence-corrected chi connectivity index (χ3v) is 6.03. The first-order valence-electron chi connectivity index (χ1n) is 9.85. The number of nitrogens with zero attached hydrogens (tertiary/aromatic N) is 1. The highest BCUT2D eigenvalue weighted by Gasteiger charge is 2.16. The maximum absolute atomic E-state index is 13.0. The van der Waals surface area contributed by atoms with E-state index >= 15 is 0 Å². The van der Waals surface area contributed by atoms with Crippen LogP contribution in [0.1, 0.15) is 21.5 Å². The highest BCUT2D eigenvalue weighted by molar-refractivity contribution is 7.89. The van der Waals surface area contributed by atoms with Gasteiger partial charge in [-0.3, -0.25) is 4.79 Å². The second-order valence-electron chi connectivity index (χ2n) is 7.34. The second kappa shape index (κ2) is 8.68. The summed E-state index contributed by atoms with van der Waals surface area (Å²) in [6.07, 6.45) is 0. The number of rotatable bonds is 5. The van der Waals surface area contributed by atoms with Crippen LogP contribution in [0.15, 0.2) is 93.3 Å². The SMILES string of the molecule is Cc1ccc(NC(=O)c2cc3ccccc3oc2=NNS(=O)(=O)c2ccc(C)cc2)cc1. The maximum atomic E-state index is 13.0. The molecule has 0 fully saturated rings. The van der Waals surface area contributed by atoms with Gasteiger partial charge in [-0.05, 0) is 50.2 Å². The zero-order valence-electron chi connectivity index (χ0n) is 17.5. The lowest BCUT2D eigenvalue weighted by Gasteiger charge is -2.08. The second-order valence-corrected chi connectivity index (χ2v) is 9.00. The van der Waals surface area contributed by atoms with E-state index in [1.165, 1.54) is 12.1 Å². The van der Waals surface area contributed by atoms with Crippen LogP contribution in [0, 0.1) is 13.8 Å². The number of fused-ring (bicyclic) bond motifs is 1. The lowest BCUT2D eigenvalue weighted by molar-refractivity contribution is 0.102. The van der Waals surface area contributed by atoms with Crippen molar-refractivity contribution in [2.24, 2.45) is 5.10 Å². The topological polar surface area (TPSA) is 101 Å². The van der Waals surface area contributed by atoms with E-state index in [0.717, 1.165) is 11.1 Å². The number of amides is 1. The minimum atomic E-state index is -3.94. The molecule has 1 heterocycles. The molecule has 0 aliphatic rings. The first-order chi connectivity index (χ1) is 15.3. The molecule has 162 valence electrons. The quantitative estimate of drug-likeness (QED) is 0.450.